The van der Waals surface area contributed by atoms with Gasteiger partial charge < -0.3 is 14.8 Å². The minimum atomic E-state index is -0.694. The molecule has 1 aliphatic carbocycles. The first kappa shape index (κ1) is 21.4. The number of fused-ring (bicyclic) bond motifs is 1. The molecule has 0 spiro atoms. The van der Waals surface area contributed by atoms with Gasteiger partial charge in [0.05, 0.1) is 12.7 Å². The Labute approximate surface area is 176 Å². The first-order valence-electron chi connectivity index (χ1n) is 10.0. The number of hydrogen-bond acceptors (Lipinski definition) is 5. The average molecular weight is 416 g/mol. The molecule has 0 unspecified atom stereocenters. The van der Waals surface area contributed by atoms with Gasteiger partial charge in [-0.15, -0.1) is 11.3 Å². The highest BCUT2D eigenvalue weighted by molar-refractivity contribution is 7.17. The third-order valence-corrected chi connectivity index (χ3v) is 6.41. The fourth-order valence-electron chi connectivity index (χ4n) is 3.48. The van der Waals surface area contributed by atoms with Crippen molar-refractivity contribution >= 4 is 28.2 Å². The molecule has 29 heavy (non-hydrogen) atoms. The van der Waals surface area contributed by atoms with Crippen molar-refractivity contribution in [1.82, 2.24) is 0 Å². The number of anilines is 1. The molecular formula is C23H29NO4S. The van der Waals surface area contributed by atoms with Crippen LogP contribution in [0.25, 0.3) is 0 Å². The lowest BCUT2D eigenvalue weighted by Gasteiger charge is -2.20. The Morgan fingerprint density at radius 1 is 1.10 bits per heavy atom. The molecule has 0 bridgehead atoms. The van der Waals surface area contributed by atoms with E-state index in [0.29, 0.717) is 16.3 Å². The van der Waals surface area contributed by atoms with Crippen molar-refractivity contribution in [3.05, 3.63) is 45.8 Å². The summed E-state index contributed by atoms with van der Waals surface area (Å²) in [5.74, 6) is -0.0426. The highest BCUT2D eigenvalue weighted by Crippen LogP contribution is 2.38. The van der Waals surface area contributed by atoms with E-state index in [4.69, 9.17) is 9.47 Å². The molecule has 1 atom stereocenters. The van der Waals surface area contributed by atoms with Crippen molar-refractivity contribution in [3.8, 4) is 5.75 Å². The minimum absolute atomic E-state index is 0.0596. The Morgan fingerprint density at radius 2 is 1.76 bits per heavy atom. The molecule has 0 saturated heterocycles. The van der Waals surface area contributed by atoms with Crippen LogP contribution in [0.4, 0.5) is 5.00 Å². The zero-order valence-electron chi connectivity index (χ0n) is 17.8. The Balaban J connectivity index is 1.73. The van der Waals surface area contributed by atoms with Crippen LogP contribution in [0, 0.1) is 0 Å². The van der Waals surface area contributed by atoms with Crippen LogP contribution in [0.5, 0.6) is 5.75 Å². The first-order valence-corrected chi connectivity index (χ1v) is 10.8. The van der Waals surface area contributed by atoms with Crippen LogP contribution in [-0.2, 0) is 27.8 Å². The summed E-state index contributed by atoms with van der Waals surface area (Å²) in [4.78, 5) is 26.2. The summed E-state index contributed by atoms with van der Waals surface area (Å²) in [6.45, 7) is 8.16. The molecule has 0 saturated carbocycles. The first-order chi connectivity index (χ1) is 13.7. The fourth-order valence-corrected chi connectivity index (χ4v) is 4.76. The van der Waals surface area contributed by atoms with Gasteiger partial charge in [-0.3, -0.25) is 4.79 Å². The topological polar surface area (TPSA) is 64.6 Å². The van der Waals surface area contributed by atoms with E-state index in [9.17, 15) is 9.59 Å². The summed E-state index contributed by atoms with van der Waals surface area (Å²) in [5.41, 5.74) is 2.79. The SMILES string of the molecule is COC(=O)c1c(NC(=O)[C@H](C)Oc2ccc(C(C)(C)C)cc2)sc2c1CCCC2. The van der Waals surface area contributed by atoms with Crippen LogP contribution in [0.3, 0.4) is 0 Å². The maximum absolute atomic E-state index is 12.7. The van der Waals surface area contributed by atoms with Gasteiger partial charge in [0.2, 0.25) is 0 Å². The summed E-state index contributed by atoms with van der Waals surface area (Å²) in [6.07, 6.45) is 3.24. The zero-order chi connectivity index (χ0) is 21.2. The van der Waals surface area contributed by atoms with Crippen molar-refractivity contribution in [2.75, 3.05) is 12.4 Å². The lowest BCUT2D eigenvalue weighted by atomic mass is 9.87. The third-order valence-electron chi connectivity index (χ3n) is 5.20. The number of rotatable bonds is 5. The van der Waals surface area contributed by atoms with Crippen LogP contribution in [-0.4, -0.2) is 25.1 Å². The zero-order valence-corrected chi connectivity index (χ0v) is 18.6. The third kappa shape index (κ3) is 4.81. The second kappa shape index (κ2) is 8.57. The highest BCUT2D eigenvalue weighted by Gasteiger charge is 2.28. The number of thiophene rings is 1. The smallest absolute Gasteiger partial charge is 0.341 e. The van der Waals surface area contributed by atoms with Crippen molar-refractivity contribution in [1.29, 1.82) is 0 Å². The van der Waals surface area contributed by atoms with Gasteiger partial charge in [0.15, 0.2) is 6.10 Å². The van der Waals surface area contributed by atoms with Gasteiger partial charge >= 0.3 is 5.97 Å². The predicted molar refractivity (Wildman–Crippen MR) is 116 cm³/mol. The maximum atomic E-state index is 12.7. The number of benzene rings is 1. The molecule has 1 N–H and O–H groups in total. The van der Waals surface area contributed by atoms with Gasteiger partial charge in [0.1, 0.15) is 10.8 Å². The summed E-state index contributed by atoms with van der Waals surface area (Å²) in [5, 5.41) is 3.45. The van der Waals surface area contributed by atoms with Gasteiger partial charge in [-0.1, -0.05) is 32.9 Å². The van der Waals surface area contributed by atoms with Crippen molar-refractivity contribution in [3.63, 3.8) is 0 Å². The number of carbonyl (C=O) groups is 2. The molecule has 5 nitrogen and oxygen atoms in total. The number of aryl methyl sites for hydroxylation is 1. The van der Waals surface area contributed by atoms with Crippen LogP contribution in [0.2, 0.25) is 0 Å². The number of ether oxygens (including phenoxy) is 2. The van der Waals surface area contributed by atoms with E-state index >= 15 is 0 Å². The number of esters is 1. The van der Waals surface area contributed by atoms with Gasteiger partial charge in [-0.25, -0.2) is 4.79 Å². The molecule has 6 heteroatoms. The van der Waals surface area contributed by atoms with E-state index in [-0.39, 0.29) is 11.3 Å². The summed E-state index contributed by atoms with van der Waals surface area (Å²) in [7, 11) is 1.37. The Kier molecular flexibility index (Phi) is 6.32. The largest absolute Gasteiger partial charge is 0.481 e. The van der Waals surface area contributed by atoms with E-state index in [0.717, 1.165) is 31.2 Å². The number of carbonyl (C=O) groups excluding carboxylic acids is 2. The van der Waals surface area contributed by atoms with E-state index < -0.39 is 12.1 Å². The standard InChI is InChI=1S/C23H29NO4S/c1-14(28-16-12-10-15(11-13-16)23(2,3)4)20(25)24-21-19(22(26)27-5)17-8-6-7-9-18(17)29-21/h10-14H,6-9H2,1-5H3,(H,24,25)/t14-/m0/s1. The summed E-state index contributed by atoms with van der Waals surface area (Å²) >= 11 is 1.47. The van der Waals surface area contributed by atoms with Crippen LogP contribution in [0.1, 0.15) is 66.9 Å². The maximum Gasteiger partial charge on any atom is 0.341 e. The Morgan fingerprint density at radius 3 is 2.38 bits per heavy atom. The molecule has 3 rings (SSSR count). The number of methoxy groups -OCH3 is 1. The quantitative estimate of drug-likeness (QED) is 0.689. The van der Waals surface area contributed by atoms with E-state index in [1.807, 2.05) is 24.3 Å². The fraction of sp³-hybridized carbons (Fsp3) is 0.478. The van der Waals surface area contributed by atoms with Gasteiger partial charge in [0, 0.05) is 4.88 Å². The highest BCUT2D eigenvalue weighted by atomic mass is 32.1. The van der Waals surface area contributed by atoms with E-state index in [1.54, 1.807) is 6.92 Å². The lowest BCUT2D eigenvalue weighted by molar-refractivity contribution is -0.122. The summed E-state index contributed by atoms with van der Waals surface area (Å²) < 4.78 is 10.8. The number of nitrogens with one attached hydrogen (secondary N) is 1. The number of amides is 1. The van der Waals surface area contributed by atoms with Crippen LogP contribution in [0.15, 0.2) is 24.3 Å². The van der Waals surface area contributed by atoms with Crippen LogP contribution >= 0.6 is 11.3 Å². The van der Waals surface area contributed by atoms with E-state index in [1.165, 1.54) is 28.9 Å². The molecule has 156 valence electrons. The molecule has 1 aromatic carbocycles. The van der Waals surface area contributed by atoms with E-state index in [2.05, 4.69) is 26.1 Å². The predicted octanol–water partition coefficient (Wildman–Crippen LogP) is 5.12. The van der Waals surface area contributed by atoms with Crippen molar-refractivity contribution < 1.29 is 19.1 Å². The van der Waals surface area contributed by atoms with Crippen molar-refractivity contribution in [2.24, 2.45) is 0 Å². The minimum Gasteiger partial charge on any atom is -0.481 e. The second-order valence-electron chi connectivity index (χ2n) is 8.43. The molecule has 0 fully saturated rings. The monoisotopic (exact) mass is 415 g/mol. The second-order valence-corrected chi connectivity index (χ2v) is 9.54. The average Bonchev–Trinajstić information content (AvgIpc) is 3.04. The molecule has 1 aromatic heterocycles. The normalized spacial score (nSPS) is 14.7. The Bertz CT molecular complexity index is 893. The molecule has 0 radical (unpaired) electrons. The van der Waals surface area contributed by atoms with Gasteiger partial charge in [-0.05, 0) is 61.3 Å². The number of hydrogen-bond donors (Lipinski definition) is 1. The van der Waals surface area contributed by atoms with Crippen molar-refractivity contribution in [2.45, 2.75) is 64.9 Å². The molecule has 2 aromatic rings. The van der Waals surface area contributed by atoms with Gasteiger partial charge in [-0.2, -0.15) is 0 Å². The van der Waals surface area contributed by atoms with Gasteiger partial charge in [0.25, 0.3) is 5.91 Å². The van der Waals surface area contributed by atoms with Crippen LogP contribution < -0.4 is 10.1 Å². The summed E-state index contributed by atoms with van der Waals surface area (Å²) in [6, 6.07) is 7.80. The molecule has 0 aliphatic heterocycles. The Hall–Kier alpha value is -2.34. The molecule has 1 amide bonds. The lowest BCUT2D eigenvalue weighted by Crippen LogP contribution is -2.30. The molecule has 1 heterocycles. The molecular weight excluding hydrogens is 386 g/mol. The molecule has 1 aliphatic rings.